The molecule has 0 heterocycles. The van der Waals surface area contributed by atoms with E-state index in [2.05, 4.69) is 26.0 Å². The summed E-state index contributed by atoms with van der Waals surface area (Å²) in [5, 5.41) is 0. The molecule has 1 aliphatic carbocycles. The molecule has 1 saturated carbocycles. The van der Waals surface area contributed by atoms with Gasteiger partial charge in [-0.2, -0.15) is 0 Å². The lowest BCUT2D eigenvalue weighted by atomic mass is 9.80. The third kappa shape index (κ3) is 8.49. The maximum absolute atomic E-state index is 12.4. The molecule has 27 heavy (non-hydrogen) atoms. The second kappa shape index (κ2) is 13.0. The van der Waals surface area contributed by atoms with Crippen molar-refractivity contribution in [3.63, 3.8) is 0 Å². The zero-order valence-corrected chi connectivity index (χ0v) is 17.7. The highest BCUT2D eigenvalue weighted by Gasteiger charge is 2.27. The summed E-state index contributed by atoms with van der Waals surface area (Å²) in [6, 6.07) is 8.18. The Morgan fingerprint density at radius 2 is 1.48 bits per heavy atom. The molecule has 0 spiro atoms. The fraction of sp³-hybridized carbons (Fsp3) is 0.720. The van der Waals surface area contributed by atoms with Crippen molar-refractivity contribution in [3.05, 3.63) is 29.8 Å². The van der Waals surface area contributed by atoms with Gasteiger partial charge in [0.2, 0.25) is 0 Å². The lowest BCUT2D eigenvalue weighted by Gasteiger charge is -2.27. The maximum atomic E-state index is 12.4. The Labute approximate surface area is 167 Å². The number of ether oxygens (including phenoxy) is 1. The van der Waals surface area contributed by atoms with E-state index < -0.39 is 0 Å². The van der Waals surface area contributed by atoms with Crippen molar-refractivity contribution in [3.8, 4) is 5.75 Å². The largest absolute Gasteiger partial charge is 0.426 e. The molecule has 0 atom stereocenters. The zero-order valence-electron chi connectivity index (χ0n) is 17.7. The third-order valence-corrected chi connectivity index (χ3v) is 6.11. The van der Waals surface area contributed by atoms with Crippen molar-refractivity contribution in [2.24, 2.45) is 11.8 Å². The molecule has 1 fully saturated rings. The van der Waals surface area contributed by atoms with Gasteiger partial charge in [0.15, 0.2) is 0 Å². The Hall–Kier alpha value is -1.31. The standard InChI is InChI=1S/C25H40O2/c1-3-5-7-8-9-10-12-22-15-19-24(20-16-22)27-25(26)23-17-13-21(14-18-23)11-6-4-2/h15-16,19-21,23H,3-14,17-18H2,1-2H3. The minimum atomic E-state index is -0.0207. The quantitative estimate of drug-likeness (QED) is 0.216. The summed E-state index contributed by atoms with van der Waals surface area (Å²) in [4.78, 5) is 12.4. The molecule has 152 valence electrons. The molecular weight excluding hydrogens is 332 g/mol. The van der Waals surface area contributed by atoms with Gasteiger partial charge in [0, 0.05) is 0 Å². The molecule has 0 unspecified atom stereocenters. The Morgan fingerprint density at radius 1 is 0.852 bits per heavy atom. The first-order valence-corrected chi connectivity index (χ1v) is 11.5. The Bertz CT molecular complexity index is 512. The van der Waals surface area contributed by atoms with Gasteiger partial charge in [0.1, 0.15) is 5.75 Å². The van der Waals surface area contributed by atoms with E-state index in [1.165, 1.54) is 76.2 Å². The summed E-state index contributed by atoms with van der Waals surface area (Å²) >= 11 is 0. The summed E-state index contributed by atoms with van der Waals surface area (Å²) in [5.41, 5.74) is 1.35. The van der Waals surface area contributed by atoms with Gasteiger partial charge in [-0.05, 0) is 62.1 Å². The second-order valence-electron chi connectivity index (χ2n) is 8.44. The molecule has 0 bridgehead atoms. The van der Waals surface area contributed by atoms with E-state index in [-0.39, 0.29) is 11.9 Å². The summed E-state index contributed by atoms with van der Waals surface area (Å²) in [7, 11) is 0. The van der Waals surface area contributed by atoms with Crippen LogP contribution in [0.25, 0.3) is 0 Å². The first-order chi connectivity index (χ1) is 13.2. The smallest absolute Gasteiger partial charge is 0.314 e. The lowest BCUT2D eigenvalue weighted by molar-refractivity contribution is -0.140. The number of esters is 1. The van der Waals surface area contributed by atoms with Crippen LogP contribution in [0.15, 0.2) is 24.3 Å². The summed E-state index contributed by atoms with van der Waals surface area (Å²) in [6.45, 7) is 4.51. The van der Waals surface area contributed by atoms with Crippen molar-refractivity contribution < 1.29 is 9.53 Å². The number of unbranched alkanes of at least 4 members (excludes halogenated alkanes) is 6. The van der Waals surface area contributed by atoms with E-state index >= 15 is 0 Å². The highest BCUT2D eigenvalue weighted by molar-refractivity contribution is 5.75. The molecule has 0 aromatic heterocycles. The Kier molecular flexibility index (Phi) is 10.6. The summed E-state index contributed by atoms with van der Waals surface area (Å²) in [5.74, 6) is 1.62. The molecule has 0 radical (unpaired) electrons. The molecule has 2 rings (SSSR count). The van der Waals surface area contributed by atoms with E-state index in [9.17, 15) is 4.79 Å². The van der Waals surface area contributed by atoms with Crippen LogP contribution < -0.4 is 4.74 Å². The van der Waals surface area contributed by atoms with E-state index in [0.717, 1.165) is 25.2 Å². The molecule has 0 saturated heterocycles. The first-order valence-electron chi connectivity index (χ1n) is 11.5. The number of hydrogen-bond acceptors (Lipinski definition) is 2. The van der Waals surface area contributed by atoms with Crippen LogP contribution in [0.2, 0.25) is 0 Å². The fourth-order valence-electron chi connectivity index (χ4n) is 4.21. The van der Waals surface area contributed by atoms with Crippen LogP contribution in [0.5, 0.6) is 5.75 Å². The predicted octanol–water partition coefficient (Wildman–Crippen LogP) is 7.49. The van der Waals surface area contributed by atoms with Gasteiger partial charge in [-0.1, -0.05) is 77.3 Å². The van der Waals surface area contributed by atoms with Crippen molar-refractivity contribution in [1.82, 2.24) is 0 Å². The minimum Gasteiger partial charge on any atom is -0.426 e. The number of benzene rings is 1. The van der Waals surface area contributed by atoms with Gasteiger partial charge in [-0.25, -0.2) is 0 Å². The van der Waals surface area contributed by atoms with Crippen LogP contribution in [0.4, 0.5) is 0 Å². The highest BCUT2D eigenvalue weighted by Crippen LogP contribution is 2.32. The molecule has 0 aliphatic heterocycles. The van der Waals surface area contributed by atoms with Crippen LogP contribution in [0.3, 0.4) is 0 Å². The topological polar surface area (TPSA) is 26.3 Å². The SMILES string of the molecule is CCCCCCCCc1ccc(OC(=O)C2CCC(CCCC)CC2)cc1. The van der Waals surface area contributed by atoms with Gasteiger partial charge in [0.05, 0.1) is 5.92 Å². The van der Waals surface area contributed by atoms with Crippen LogP contribution in [-0.4, -0.2) is 5.97 Å². The van der Waals surface area contributed by atoms with Gasteiger partial charge >= 0.3 is 5.97 Å². The molecule has 1 aromatic carbocycles. The number of carbonyl (C=O) groups is 1. The van der Waals surface area contributed by atoms with E-state index in [1.807, 2.05) is 12.1 Å². The average Bonchev–Trinajstić information content (AvgIpc) is 2.70. The summed E-state index contributed by atoms with van der Waals surface area (Å²) < 4.78 is 5.66. The molecule has 1 aliphatic rings. The number of rotatable bonds is 12. The molecule has 0 amide bonds. The van der Waals surface area contributed by atoms with Gasteiger partial charge < -0.3 is 4.74 Å². The van der Waals surface area contributed by atoms with Crippen molar-refractivity contribution in [2.45, 2.75) is 104 Å². The Morgan fingerprint density at radius 3 is 2.15 bits per heavy atom. The number of hydrogen-bond donors (Lipinski definition) is 0. The van der Waals surface area contributed by atoms with E-state index in [4.69, 9.17) is 4.74 Å². The van der Waals surface area contributed by atoms with Crippen molar-refractivity contribution >= 4 is 5.97 Å². The monoisotopic (exact) mass is 372 g/mol. The van der Waals surface area contributed by atoms with Crippen molar-refractivity contribution in [1.29, 1.82) is 0 Å². The number of carbonyl (C=O) groups excluding carboxylic acids is 1. The summed E-state index contributed by atoms with van der Waals surface area (Å²) in [6.07, 6.45) is 17.4. The highest BCUT2D eigenvalue weighted by atomic mass is 16.5. The lowest BCUT2D eigenvalue weighted by Crippen LogP contribution is -2.25. The fourth-order valence-corrected chi connectivity index (χ4v) is 4.21. The van der Waals surface area contributed by atoms with Gasteiger partial charge in [-0.15, -0.1) is 0 Å². The van der Waals surface area contributed by atoms with Crippen LogP contribution in [0, 0.1) is 11.8 Å². The molecule has 1 aromatic rings. The Balaban J connectivity index is 1.66. The van der Waals surface area contributed by atoms with Crippen LogP contribution in [-0.2, 0) is 11.2 Å². The van der Waals surface area contributed by atoms with E-state index in [0.29, 0.717) is 5.75 Å². The molecule has 0 N–H and O–H groups in total. The zero-order chi connectivity index (χ0) is 19.3. The average molecular weight is 373 g/mol. The third-order valence-electron chi connectivity index (χ3n) is 6.11. The predicted molar refractivity (Wildman–Crippen MR) is 114 cm³/mol. The maximum Gasteiger partial charge on any atom is 0.314 e. The van der Waals surface area contributed by atoms with Crippen molar-refractivity contribution in [2.75, 3.05) is 0 Å². The first kappa shape index (κ1) is 22.0. The number of aryl methyl sites for hydroxylation is 1. The second-order valence-corrected chi connectivity index (χ2v) is 8.44. The molecule has 2 heteroatoms. The van der Waals surface area contributed by atoms with Crippen LogP contribution in [0.1, 0.15) is 103 Å². The molecular formula is C25H40O2. The van der Waals surface area contributed by atoms with Gasteiger partial charge in [-0.3, -0.25) is 4.79 Å². The molecule has 2 nitrogen and oxygen atoms in total. The normalized spacial score (nSPS) is 19.8. The van der Waals surface area contributed by atoms with Crippen LogP contribution >= 0.6 is 0 Å². The van der Waals surface area contributed by atoms with E-state index in [1.54, 1.807) is 0 Å². The minimum absolute atomic E-state index is 0.0207. The van der Waals surface area contributed by atoms with Gasteiger partial charge in [0.25, 0.3) is 0 Å².